The molecule has 3 heterocycles. The highest BCUT2D eigenvalue weighted by Gasteiger charge is 2.22. The van der Waals surface area contributed by atoms with Crippen molar-refractivity contribution in [1.29, 1.82) is 0 Å². The van der Waals surface area contributed by atoms with Gasteiger partial charge in [0.25, 0.3) is 0 Å². The predicted molar refractivity (Wildman–Crippen MR) is 176 cm³/mol. The number of nitrogens with one attached hydrogen (secondary N) is 1. The summed E-state index contributed by atoms with van der Waals surface area (Å²) >= 11 is 12.6. The van der Waals surface area contributed by atoms with Gasteiger partial charge in [0, 0.05) is 80.5 Å². The maximum absolute atomic E-state index is 11.3. The quantitative estimate of drug-likeness (QED) is 0.196. The maximum atomic E-state index is 11.3. The molecular formula is C32H43Cl2N7O4. The lowest BCUT2D eigenvalue weighted by molar-refractivity contribution is -0.141. The van der Waals surface area contributed by atoms with Gasteiger partial charge in [-0.05, 0) is 67.8 Å². The van der Waals surface area contributed by atoms with E-state index < -0.39 is 11.9 Å². The molecule has 1 unspecified atom stereocenters. The van der Waals surface area contributed by atoms with Crippen LogP contribution < -0.4 is 21.5 Å². The van der Waals surface area contributed by atoms with Crippen molar-refractivity contribution in [2.75, 3.05) is 52.4 Å². The van der Waals surface area contributed by atoms with Crippen LogP contribution in [0.3, 0.4) is 0 Å². The SMILES string of the molecule is CC(=O)NCC1CCN(Cc2cc(O/C(N)=C/C=C(\N)N3CCN(CC(C)C(=O)O)CC3)nc(-c3cc(Cl)cc(Cl)c3)c2)CC1. The van der Waals surface area contributed by atoms with E-state index in [-0.39, 0.29) is 11.8 Å². The summed E-state index contributed by atoms with van der Waals surface area (Å²) in [6.07, 6.45) is 5.33. The molecule has 2 aliphatic rings. The minimum Gasteiger partial charge on any atom is -0.481 e. The third-order valence-corrected chi connectivity index (χ3v) is 8.54. The van der Waals surface area contributed by atoms with Crippen molar-refractivity contribution in [2.24, 2.45) is 23.3 Å². The van der Waals surface area contributed by atoms with E-state index in [2.05, 4.69) is 15.1 Å². The molecule has 6 N–H and O–H groups in total. The summed E-state index contributed by atoms with van der Waals surface area (Å²) < 4.78 is 5.98. The van der Waals surface area contributed by atoms with Crippen LogP contribution in [-0.2, 0) is 16.1 Å². The zero-order valence-electron chi connectivity index (χ0n) is 25.8. The molecule has 1 aromatic heterocycles. The number of aromatic nitrogens is 1. The average Bonchev–Trinajstić information content (AvgIpc) is 2.99. The summed E-state index contributed by atoms with van der Waals surface area (Å²) in [6.45, 7) is 9.83. The number of halogens is 2. The molecule has 0 aliphatic carbocycles. The van der Waals surface area contributed by atoms with Crippen molar-refractivity contribution in [2.45, 2.75) is 33.2 Å². The number of pyridine rings is 1. The van der Waals surface area contributed by atoms with Crippen LogP contribution in [0.5, 0.6) is 5.88 Å². The third kappa shape index (κ3) is 10.8. The number of rotatable bonds is 12. The van der Waals surface area contributed by atoms with E-state index >= 15 is 0 Å². The van der Waals surface area contributed by atoms with Crippen molar-refractivity contribution in [3.8, 4) is 17.1 Å². The van der Waals surface area contributed by atoms with Gasteiger partial charge in [0.15, 0.2) is 5.88 Å². The van der Waals surface area contributed by atoms with Gasteiger partial charge in [0.2, 0.25) is 11.8 Å². The topological polar surface area (TPSA) is 150 Å². The van der Waals surface area contributed by atoms with Crippen molar-refractivity contribution < 1.29 is 19.4 Å². The van der Waals surface area contributed by atoms with Crippen molar-refractivity contribution >= 4 is 35.1 Å². The zero-order valence-corrected chi connectivity index (χ0v) is 27.4. The van der Waals surface area contributed by atoms with Crippen LogP contribution >= 0.6 is 23.2 Å². The van der Waals surface area contributed by atoms with Gasteiger partial charge in [0.05, 0.1) is 17.4 Å². The number of carboxylic acid groups (broad SMARTS) is 1. The minimum absolute atomic E-state index is 0.00406. The number of allylic oxidation sites excluding steroid dienone is 2. The van der Waals surface area contributed by atoms with E-state index in [4.69, 9.17) is 44.4 Å². The van der Waals surface area contributed by atoms with E-state index in [1.807, 2.05) is 29.2 Å². The Morgan fingerprint density at radius 2 is 1.69 bits per heavy atom. The highest BCUT2D eigenvalue weighted by molar-refractivity contribution is 6.35. The molecule has 1 atom stereocenters. The molecular weight excluding hydrogens is 617 g/mol. The Balaban J connectivity index is 1.44. The van der Waals surface area contributed by atoms with Gasteiger partial charge in [-0.15, -0.1) is 0 Å². The second kappa shape index (κ2) is 16.2. The second-order valence-electron chi connectivity index (χ2n) is 11.8. The van der Waals surface area contributed by atoms with Crippen LogP contribution in [0.15, 0.2) is 54.2 Å². The Morgan fingerprint density at radius 3 is 2.31 bits per heavy atom. The molecule has 0 bridgehead atoms. The summed E-state index contributed by atoms with van der Waals surface area (Å²) in [5.74, 6) is 0.281. The highest BCUT2D eigenvalue weighted by Crippen LogP contribution is 2.29. The Hall–Kier alpha value is -3.51. The minimum atomic E-state index is -0.791. The first-order chi connectivity index (χ1) is 21.4. The van der Waals surface area contributed by atoms with Crippen LogP contribution in [0, 0.1) is 11.8 Å². The molecule has 2 aromatic rings. The van der Waals surface area contributed by atoms with E-state index in [9.17, 15) is 14.7 Å². The highest BCUT2D eigenvalue weighted by atomic mass is 35.5. The summed E-state index contributed by atoms with van der Waals surface area (Å²) in [7, 11) is 0. The standard InChI is InChI=1S/C32H43Cl2N7O4/c1-21(32(43)44)19-40-9-11-41(12-10-40)29(35)3-4-30(36)45-31-14-24(13-28(38-31)25-15-26(33)17-27(34)16-25)20-39-7-5-23(6-8-39)18-37-22(2)42/h3-4,13-17,21,23H,5-12,18-20,35-36H2,1-2H3,(H,37,42)(H,43,44)/b29-3+,30-4+. The predicted octanol–water partition coefficient (Wildman–Crippen LogP) is 3.72. The number of nitrogens with two attached hydrogens (primary N) is 2. The smallest absolute Gasteiger partial charge is 0.307 e. The molecule has 2 fully saturated rings. The van der Waals surface area contributed by atoms with E-state index in [0.717, 1.165) is 50.1 Å². The Bertz CT molecular complexity index is 1380. The number of nitrogens with zero attached hydrogens (tertiary/aromatic N) is 4. The van der Waals surface area contributed by atoms with Crippen LogP contribution in [0.1, 0.15) is 32.3 Å². The monoisotopic (exact) mass is 659 g/mol. The van der Waals surface area contributed by atoms with E-state index in [1.54, 1.807) is 32.1 Å². The Labute approximate surface area is 274 Å². The summed E-state index contributed by atoms with van der Waals surface area (Å²) in [5, 5.41) is 13.1. The van der Waals surface area contributed by atoms with Gasteiger partial charge < -0.3 is 31.5 Å². The second-order valence-corrected chi connectivity index (χ2v) is 12.7. The number of carboxylic acids is 1. The molecule has 1 aromatic carbocycles. The number of aliphatic carboxylic acids is 1. The van der Waals surface area contributed by atoms with Gasteiger partial charge in [-0.25, -0.2) is 4.98 Å². The number of piperidine rings is 1. The zero-order chi connectivity index (χ0) is 32.5. The molecule has 2 aliphatic heterocycles. The summed E-state index contributed by atoms with van der Waals surface area (Å²) in [5.41, 5.74) is 15.0. The molecule has 45 heavy (non-hydrogen) atoms. The Kier molecular flexibility index (Phi) is 12.3. The van der Waals surface area contributed by atoms with Crippen LogP contribution in [0.4, 0.5) is 0 Å². The van der Waals surface area contributed by atoms with Crippen molar-refractivity contribution in [3.05, 3.63) is 69.8 Å². The van der Waals surface area contributed by atoms with Crippen molar-refractivity contribution in [3.63, 3.8) is 0 Å². The lowest BCUT2D eigenvalue weighted by atomic mass is 9.96. The average molecular weight is 661 g/mol. The summed E-state index contributed by atoms with van der Waals surface area (Å²) in [4.78, 5) is 33.7. The maximum Gasteiger partial charge on any atom is 0.307 e. The molecule has 13 heteroatoms. The number of hydrogen-bond donors (Lipinski definition) is 4. The Morgan fingerprint density at radius 1 is 1.02 bits per heavy atom. The van der Waals surface area contributed by atoms with Crippen LogP contribution in [-0.4, -0.2) is 89.0 Å². The third-order valence-electron chi connectivity index (χ3n) is 8.10. The first-order valence-corrected chi connectivity index (χ1v) is 16.0. The number of carbonyl (C=O) groups excluding carboxylic acids is 1. The number of likely N-dealkylation sites (tertiary alicyclic amines) is 1. The van der Waals surface area contributed by atoms with Gasteiger partial charge in [0.1, 0.15) is 0 Å². The normalized spacial score (nSPS) is 18.1. The lowest BCUT2D eigenvalue weighted by Crippen LogP contribution is -2.48. The van der Waals surface area contributed by atoms with E-state index in [1.165, 1.54) is 0 Å². The molecule has 0 radical (unpaired) electrons. The van der Waals surface area contributed by atoms with E-state index in [0.29, 0.717) is 66.1 Å². The fraction of sp³-hybridized carbons (Fsp3) is 0.469. The first-order valence-electron chi connectivity index (χ1n) is 15.2. The molecule has 1 amide bonds. The molecule has 11 nitrogen and oxygen atoms in total. The number of amides is 1. The van der Waals surface area contributed by atoms with Gasteiger partial charge in [-0.2, -0.15) is 0 Å². The van der Waals surface area contributed by atoms with Gasteiger partial charge in [-0.3, -0.25) is 19.4 Å². The number of hydrogen-bond acceptors (Lipinski definition) is 9. The summed E-state index contributed by atoms with van der Waals surface area (Å²) in [6, 6.07) is 9.17. The molecule has 244 valence electrons. The van der Waals surface area contributed by atoms with Gasteiger partial charge >= 0.3 is 5.97 Å². The molecule has 0 spiro atoms. The number of benzene rings is 1. The fourth-order valence-corrected chi connectivity index (χ4v) is 6.06. The van der Waals surface area contributed by atoms with Crippen LogP contribution in [0.25, 0.3) is 11.3 Å². The fourth-order valence-electron chi connectivity index (χ4n) is 5.53. The van der Waals surface area contributed by atoms with Crippen LogP contribution in [0.2, 0.25) is 10.0 Å². The number of ether oxygens (including phenoxy) is 1. The number of piperazine rings is 1. The lowest BCUT2D eigenvalue weighted by Gasteiger charge is -2.36. The molecule has 2 saturated heterocycles. The van der Waals surface area contributed by atoms with Crippen molar-refractivity contribution in [1.82, 2.24) is 25.0 Å². The molecule has 0 saturated carbocycles. The first kappa shape index (κ1) is 34.4. The largest absolute Gasteiger partial charge is 0.481 e. The van der Waals surface area contributed by atoms with Gasteiger partial charge in [-0.1, -0.05) is 30.1 Å². The molecule has 4 rings (SSSR count). The number of carbonyl (C=O) groups is 2.